The molecule has 0 unspecified atom stereocenters. The standard InChI is InChI=1S/C22H24Cl3N3O4S/c1-22(2,15-10-18(24)20(19(25)11-15)31-9-8-23)14-4-6-16(7-5-14)28-21-26-12-17(32-21)13-27-33(3,29)30/h4-7,10-12,27H,8-9,13H2,1-3H3,(H,26,28). The first-order valence-corrected chi connectivity index (χ1v) is 13.1. The number of benzene rings is 2. The molecule has 2 N–H and O–H groups in total. The van der Waals surface area contributed by atoms with Crippen LogP contribution in [0.25, 0.3) is 0 Å². The molecular formula is C22H24Cl3N3O4S. The molecule has 2 aromatic carbocycles. The van der Waals surface area contributed by atoms with Gasteiger partial charge in [-0.3, -0.25) is 0 Å². The number of nitrogens with one attached hydrogen (secondary N) is 2. The molecule has 0 aliphatic heterocycles. The molecule has 0 fully saturated rings. The lowest BCUT2D eigenvalue weighted by Gasteiger charge is -2.27. The number of ether oxygens (including phenoxy) is 1. The first kappa shape index (κ1) is 25.6. The van der Waals surface area contributed by atoms with Crippen molar-refractivity contribution in [1.82, 2.24) is 9.71 Å². The van der Waals surface area contributed by atoms with Gasteiger partial charge in [0, 0.05) is 11.1 Å². The molecule has 0 saturated carbocycles. The van der Waals surface area contributed by atoms with Crippen LogP contribution in [0.2, 0.25) is 10.0 Å². The molecule has 0 atom stereocenters. The van der Waals surface area contributed by atoms with Gasteiger partial charge in [0.2, 0.25) is 10.0 Å². The van der Waals surface area contributed by atoms with Crippen LogP contribution < -0.4 is 14.8 Å². The number of oxazole rings is 1. The van der Waals surface area contributed by atoms with E-state index in [0.717, 1.165) is 23.1 Å². The van der Waals surface area contributed by atoms with Gasteiger partial charge in [-0.25, -0.2) is 18.1 Å². The molecule has 1 aromatic heterocycles. The lowest BCUT2D eigenvalue weighted by molar-refractivity contribution is 0.343. The van der Waals surface area contributed by atoms with Crippen LogP contribution in [0, 0.1) is 0 Å². The average Bonchev–Trinajstić information content (AvgIpc) is 3.19. The molecule has 3 aromatic rings. The lowest BCUT2D eigenvalue weighted by atomic mass is 9.78. The molecule has 0 spiro atoms. The van der Waals surface area contributed by atoms with E-state index in [1.807, 2.05) is 36.4 Å². The third-order valence-electron chi connectivity index (χ3n) is 4.96. The van der Waals surface area contributed by atoms with Gasteiger partial charge in [0.15, 0.2) is 5.75 Å². The van der Waals surface area contributed by atoms with Gasteiger partial charge in [-0.2, -0.15) is 0 Å². The van der Waals surface area contributed by atoms with Gasteiger partial charge in [-0.15, -0.1) is 11.6 Å². The molecule has 1 heterocycles. The lowest BCUT2D eigenvalue weighted by Crippen LogP contribution is -2.20. The highest BCUT2D eigenvalue weighted by Gasteiger charge is 2.25. The van der Waals surface area contributed by atoms with Crippen LogP contribution in [-0.4, -0.2) is 32.1 Å². The molecule has 178 valence electrons. The second-order valence-electron chi connectivity index (χ2n) is 7.86. The maximum atomic E-state index is 11.2. The summed E-state index contributed by atoms with van der Waals surface area (Å²) in [6, 6.07) is 11.7. The zero-order valence-corrected chi connectivity index (χ0v) is 21.4. The summed E-state index contributed by atoms with van der Waals surface area (Å²) >= 11 is 18.5. The van der Waals surface area contributed by atoms with E-state index in [-0.39, 0.29) is 18.0 Å². The van der Waals surface area contributed by atoms with Crippen LogP contribution in [0.5, 0.6) is 5.75 Å². The van der Waals surface area contributed by atoms with Crippen molar-refractivity contribution in [3.8, 4) is 5.75 Å². The van der Waals surface area contributed by atoms with Crippen molar-refractivity contribution in [3.63, 3.8) is 0 Å². The minimum absolute atomic E-state index is 0.0292. The molecule has 11 heteroatoms. The van der Waals surface area contributed by atoms with Crippen molar-refractivity contribution in [2.75, 3.05) is 24.1 Å². The van der Waals surface area contributed by atoms with Crippen LogP contribution in [0.4, 0.5) is 11.7 Å². The largest absolute Gasteiger partial charge is 0.489 e. The number of hydrogen-bond donors (Lipinski definition) is 2. The Morgan fingerprint density at radius 3 is 2.30 bits per heavy atom. The Kier molecular flexibility index (Phi) is 8.18. The summed E-state index contributed by atoms with van der Waals surface area (Å²) in [4.78, 5) is 4.12. The molecule has 7 nitrogen and oxygen atoms in total. The van der Waals surface area contributed by atoms with E-state index in [1.54, 1.807) is 0 Å². The minimum Gasteiger partial charge on any atom is -0.489 e. The SMILES string of the molecule is CC(C)(c1ccc(Nc2ncc(CNS(C)(=O)=O)o2)cc1)c1cc(Cl)c(OCCCl)c(Cl)c1. The summed E-state index contributed by atoms with van der Waals surface area (Å²) < 4.78 is 35.8. The Morgan fingerprint density at radius 1 is 1.09 bits per heavy atom. The summed E-state index contributed by atoms with van der Waals surface area (Å²) in [6.45, 7) is 4.50. The van der Waals surface area contributed by atoms with Gasteiger partial charge in [-0.1, -0.05) is 49.2 Å². The topological polar surface area (TPSA) is 93.5 Å². The highest BCUT2D eigenvalue weighted by Crippen LogP contribution is 2.40. The van der Waals surface area contributed by atoms with Crippen LogP contribution in [-0.2, 0) is 22.0 Å². The van der Waals surface area contributed by atoms with Gasteiger partial charge in [0.1, 0.15) is 12.4 Å². The molecule has 0 radical (unpaired) electrons. The second-order valence-corrected chi connectivity index (χ2v) is 10.9. The Morgan fingerprint density at radius 2 is 1.73 bits per heavy atom. The Bertz CT molecular complexity index is 1190. The summed E-state index contributed by atoms with van der Waals surface area (Å²) in [7, 11) is -3.31. The third kappa shape index (κ3) is 6.77. The van der Waals surface area contributed by atoms with Gasteiger partial charge in [0.05, 0.1) is 34.9 Å². The molecular weight excluding hydrogens is 509 g/mol. The molecule has 0 aliphatic rings. The quantitative estimate of drug-likeness (QED) is 0.325. The molecule has 0 bridgehead atoms. The van der Waals surface area contributed by atoms with Gasteiger partial charge in [0.25, 0.3) is 6.01 Å². The van der Waals surface area contributed by atoms with Crippen LogP contribution in [0.1, 0.15) is 30.7 Å². The van der Waals surface area contributed by atoms with Crippen molar-refractivity contribution in [1.29, 1.82) is 0 Å². The minimum atomic E-state index is -3.31. The average molecular weight is 533 g/mol. The highest BCUT2D eigenvalue weighted by atomic mass is 35.5. The highest BCUT2D eigenvalue weighted by molar-refractivity contribution is 7.88. The van der Waals surface area contributed by atoms with E-state index < -0.39 is 10.0 Å². The van der Waals surface area contributed by atoms with Gasteiger partial charge >= 0.3 is 0 Å². The smallest absolute Gasteiger partial charge is 0.299 e. The van der Waals surface area contributed by atoms with Gasteiger partial charge in [-0.05, 0) is 35.4 Å². The zero-order valence-electron chi connectivity index (χ0n) is 18.3. The predicted molar refractivity (Wildman–Crippen MR) is 133 cm³/mol. The first-order chi connectivity index (χ1) is 15.5. The number of sulfonamides is 1. The summed E-state index contributed by atoms with van der Waals surface area (Å²) in [5.74, 6) is 1.16. The van der Waals surface area contributed by atoms with Crippen molar-refractivity contribution in [3.05, 3.63) is 69.5 Å². The van der Waals surface area contributed by atoms with Crippen LogP contribution >= 0.6 is 34.8 Å². The predicted octanol–water partition coefficient (Wildman–Crippen LogP) is 5.72. The van der Waals surface area contributed by atoms with Crippen molar-refractivity contribution in [2.45, 2.75) is 25.8 Å². The molecule has 0 saturated heterocycles. The number of alkyl halides is 1. The van der Waals surface area contributed by atoms with Crippen molar-refractivity contribution < 1.29 is 17.6 Å². The number of anilines is 2. The molecule has 33 heavy (non-hydrogen) atoms. The zero-order chi connectivity index (χ0) is 24.2. The van der Waals surface area contributed by atoms with Crippen LogP contribution in [0.15, 0.2) is 47.0 Å². The second kappa shape index (κ2) is 10.5. The molecule has 0 amide bonds. The fraction of sp³-hybridized carbons (Fsp3) is 0.318. The Balaban J connectivity index is 1.73. The molecule has 3 rings (SSSR count). The van der Waals surface area contributed by atoms with Crippen molar-refractivity contribution >= 4 is 56.5 Å². The number of aromatic nitrogens is 1. The van der Waals surface area contributed by atoms with E-state index in [4.69, 9.17) is 44.0 Å². The van der Waals surface area contributed by atoms with E-state index in [1.165, 1.54) is 6.20 Å². The molecule has 0 aliphatic carbocycles. The number of hydrogen-bond acceptors (Lipinski definition) is 6. The maximum Gasteiger partial charge on any atom is 0.299 e. The number of rotatable bonds is 10. The number of halogens is 3. The Hall–Kier alpha value is -1.97. The van der Waals surface area contributed by atoms with Gasteiger partial charge < -0.3 is 14.5 Å². The van der Waals surface area contributed by atoms with E-state index >= 15 is 0 Å². The van der Waals surface area contributed by atoms with E-state index in [2.05, 4.69) is 28.9 Å². The fourth-order valence-electron chi connectivity index (χ4n) is 3.11. The fourth-order valence-corrected chi connectivity index (χ4v) is 4.19. The Labute approximate surface area is 208 Å². The maximum absolute atomic E-state index is 11.2. The normalized spacial score (nSPS) is 12.1. The summed E-state index contributed by atoms with van der Waals surface area (Å²) in [6.07, 6.45) is 2.54. The first-order valence-electron chi connectivity index (χ1n) is 9.95. The van der Waals surface area contributed by atoms with Crippen molar-refractivity contribution in [2.24, 2.45) is 0 Å². The monoisotopic (exact) mass is 531 g/mol. The van der Waals surface area contributed by atoms with Crippen LogP contribution in [0.3, 0.4) is 0 Å². The van der Waals surface area contributed by atoms with E-state index in [9.17, 15) is 8.42 Å². The van der Waals surface area contributed by atoms with E-state index in [0.29, 0.717) is 34.0 Å². The summed E-state index contributed by atoms with van der Waals surface area (Å²) in [5.41, 5.74) is 2.36. The number of nitrogens with zero attached hydrogens (tertiary/aromatic N) is 1. The third-order valence-corrected chi connectivity index (χ3v) is 6.35. The summed E-state index contributed by atoms with van der Waals surface area (Å²) in [5, 5.41) is 3.92.